The van der Waals surface area contributed by atoms with Crippen LogP contribution in [0.15, 0.2) is 55.0 Å². The van der Waals surface area contributed by atoms with Crippen molar-refractivity contribution in [3.8, 4) is 17.0 Å². The average molecular weight is 373 g/mol. The molecule has 0 saturated heterocycles. The second-order valence-corrected chi connectivity index (χ2v) is 6.81. The molecule has 1 amide bonds. The van der Waals surface area contributed by atoms with Gasteiger partial charge in [0.1, 0.15) is 11.4 Å². The molecular formula is C21H19N5O2. The number of benzene rings is 1. The molecule has 1 N–H and O–H groups in total. The van der Waals surface area contributed by atoms with E-state index in [1.54, 1.807) is 13.3 Å². The van der Waals surface area contributed by atoms with Crippen LogP contribution in [0.25, 0.3) is 16.9 Å². The van der Waals surface area contributed by atoms with Crippen molar-refractivity contribution in [1.82, 2.24) is 24.5 Å². The van der Waals surface area contributed by atoms with Gasteiger partial charge in [-0.25, -0.2) is 4.98 Å². The number of aromatic amines is 1. The van der Waals surface area contributed by atoms with E-state index in [2.05, 4.69) is 15.2 Å². The van der Waals surface area contributed by atoms with Crippen LogP contribution in [0, 0.1) is 0 Å². The van der Waals surface area contributed by atoms with Gasteiger partial charge in [0.05, 0.1) is 24.1 Å². The van der Waals surface area contributed by atoms with Crippen molar-refractivity contribution < 1.29 is 9.53 Å². The largest absolute Gasteiger partial charge is 0.496 e. The molecule has 4 heterocycles. The van der Waals surface area contributed by atoms with Crippen LogP contribution in [0.2, 0.25) is 0 Å². The Morgan fingerprint density at radius 1 is 1.21 bits per heavy atom. The zero-order valence-electron chi connectivity index (χ0n) is 15.4. The number of fused-ring (bicyclic) bond motifs is 2. The molecule has 0 aliphatic carbocycles. The number of nitrogens with one attached hydrogen (secondary N) is 1. The lowest BCUT2D eigenvalue weighted by Crippen LogP contribution is -2.26. The Labute approximate surface area is 161 Å². The molecule has 1 aliphatic rings. The number of imidazole rings is 1. The first-order valence-corrected chi connectivity index (χ1v) is 9.16. The summed E-state index contributed by atoms with van der Waals surface area (Å²) in [6, 6.07) is 11.6. The van der Waals surface area contributed by atoms with Gasteiger partial charge in [0.25, 0.3) is 5.91 Å². The van der Waals surface area contributed by atoms with Crippen LogP contribution in [0.3, 0.4) is 0 Å². The Kier molecular flexibility index (Phi) is 3.86. The number of carbonyl (C=O) groups is 1. The number of nitrogens with zero attached hydrogens (tertiary/aromatic N) is 4. The van der Waals surface area contributed by atoms with Crippen molar-refractivity contribution in [2.45, 2.75) is 13.0 Å². The van der Waals surface area contributed by atoms with E-state index in [4.69, 9.17) is 4.74 Å². The molecule has 0 spiro atoms. The number of pyridine rings is 1. The summed E-state index contributed by atoms with van der Waals surface area (Å²) in [6.07, 6.45) is 6.40. The summed E-state index contributed by atoms with van der Waals surface area (Å²) in [5.41, 5.74) is 5.38. The lowest BCUT2D eigenvalue weighted by molar-refractivity contribution is 0.0777. The van der Waals surface area contributed by atoms with Gasteiger partial charge in [0, 0.05) is 43.7 Å². The van der Waals surface area contributed by atoms with Crippen molar-refractivity contribution in [2.75, 3.05) is 13.7 Å². The summed E-state index contributed by atoms with van der Waals surface area (Å²) in [6.45, 7) is 1.15. The Balaban J connectivity index is 1.42. The minimum atomic E-state index is -0.00280. The van der Waals surface area contributed by atoms with E-state index in [1.165, 1.54) is 0 Å². The van der Waals surface area contributed by atoms with Crippen LogP contribution < -0.4 is 4.74 Å². The maximum atomic E-state index is 13.1. The molecule has 1 aliphatic heterocycles. The first-order valence-electron chi connectivity index (χ1n) is 9.16. The van der Waals surface area contributed by atoms with Crippen molar-refractivity contribution in [1.29, 1.82) is 0 Å². The predicted octanol–water partition coefficient (Wildman–Crippen LogP) is 2.93. The lowest BCUT2D eigenvalue weighted by atomic mass is 10.00. The van der Waals surface area contributed by atoms with Gasteiger partial charge in [-0.15, -0.1) is 0 Å². The summed E-state index contributed by atoms with van der Waals surface area (Å²) >= 11 is 0. The van der Waals surface area contributed by atoms with Crippen LogP contribution >= 0.6 is 0 Å². The normalized spacial score (nSPS) is 13.3. The standard InChI is InChI=1S/C21H19N5O2/c1-28-18-6-5-15(17-7-9-22-24-17)16-13-26(21(27)20(16)18)11-8-14-12-25-10-3-2-4-19(25)23-14/h2-7,9-10,12H,8,11,13H2,1H3,(H,22,24). The summed E-state index contributed by atoms with van der Waals surface area (Å²) in [5.74, 6) is 0.607. The fourth-order valence-corrected chi connectivity index (χ4v) is 3.81. The minimum absolute atomic E-state index is 0.00280. The van der Waals surface area contributed by atoms with Crippen LogP contribution in [0.1, 0.15) is 21.6 Å². The third kappa shape index (κ3) is 2.63. The van der Waals surface area contributed by atoms with Crippen LogP contribution in [0.4, 0.5) is 0 Å². The van der Waals surface area contributed by atoms with Crippen LogP contribution in [-0.2, 0) is 13.0 Å². The fourth-order valence-electron chi connectivity index (χ4n) is 3.81. The van der Waals surface area contributed by atoms with Gasteiger partial charge in [-0.2, -0.15) is 5.10 Å². The first-order chi connectivity index (χ1) is 13.7. The average Bonchev–Trinajstić information content (AvgIpc) is 3.45. The second kappa shape index (κ2) is 6.53. The van der Waals surface area contributed by atoms with E-state index >= 15 is 0 Å². The van der Waals surface area contributed by atoms with Gasteiger partial charge in [0.15, 0.2) is 0 Å². The quantitative estimate of drug-likeness (QED) is 0.584. The molecule has 0 atom stereocenters. The van der Waals surface area contributed by atoms with E-state index in [-0.39, 0.29) is 5.91 Å². The number of H-pyrrole nitrogens is 1. The van der Waals surface area contributed by atoms with E-state index < -0.39 is 0 Å². The third-order valence-electron chi connectivity index (χ3n) is 5.19. The molecule has 1 aromatic carbocycles. The van der Waals surface area contributed by atoms with Gasteiger partial charge in [-0.3, -0.25) is 9.89 Å². The van der Waals surface area contributed by atoms with Gasteiger partial charge in [-0.05, 0) is 35.9 Å². The Morgan fingerprint density at radius 2 is 2.14 bits per heavy atom. The number of amides is 1. The van der Waals surface area contributed by atoms with E-state index in [0.717, 1.165) is 28.2 Å². The smallest absolute Gasteiger partial charge is 0.258 e. The maximum Gasteiger partial charge on any atom is 0.258 e. The van der Waals surface area contributed by atoms with Gasteiger partial charge >= 0.3 is 0 Å². The third-order valence-corrected chi connectivity index (χ3v) is 5.19. The van der Waals surface area contributed by atoms with Gasteiger partial charge in [-0.1, -0.05) is 6.07 Å². The van der Waals surface area contributed by atoms with Gasteiger partial charge < -0.3 is 14.0 Å². The first kappa shape index (κ1) is 16.6. The van der Waals surface area contributed by atoms with Crippen molar-refractivity contribution >= 4 is 11.6 Å². The Bertz CT molecular complexity index is 1130. The summed E-state index contributed by atoms with van der Waals surface area (Å²) < 4.78 is 7.46. The van der Waals surface area contributed by atoms with Crippen molar-refractivity contribution in [3.05, 3.63) is 71.8 Å². The number of rotatable bonds is 5. The Morgan fingerprint density at radius 3 is 2.93 bits per heavy atom. The van der Waals surface area contributed by atoms with E-state index in [0.29, 0.717) is 30.8 Å². The van der Waals surface area contributed by atoms with Gasteiger partial charge in [0.2, 0.25) is 0 Å². The number of ether oxygens (including phenoxy) is 1. The molecule has 7 nitrogen and oxygen atoms in total. The van der Waals surface area contributed by atoms with Crippen LogP contribution in [0.5, 0.6) is 5.75 Å². The molecule has 140 valence electrons. The SMILES string of the molecule is COc1ccc(-c2ccn[nH]2)c2c1C(=O)N(CCc1cn3ccccc3n1)C2. The molecule has 3 aromatic heterocycles. The summed E-state index contributed by atoms with van der Waals surface area (Å²) in [5, 5.41) is 7.03. The molecule has 7 heteroatoms. The molecule has 0 fully saturated rings. The number of hydrogen-bond donors (Lipinski definition) is 1. The number of aromatic nitrogens is 4. The monoisotopic (exact) mass is 373 g/mol. The highest BCUT2D eigenvalue weighted by molar-refractivity contribution is 6.03. The molecule has 5 rings (SSSR count). The lowest BCUT2D eigenvalue weighted by Gasteiger charge is -2.14. The second-order valence-electron chi connectivity index (χ2n) is 6.81. The number of hydrogen-bond acceptors (Lipinski definition) is 4. The van der Waals surface area contributed by atoms with E-state index in [1.807, 2.05) is 58.1 Å². The summed E-state index contributed by atoms with van der Waals surface area (Å²) in [7, 11) is 1.60. The topological polar surface area (TPSA) is 75.5 Å². The summed E-state index contributed by atoms with van der Waals surface area (Å²) in [4.78, 5) is 19.6. The molecule has 0 bridgehead atoms. The maximum absolute atomic E-state index is 13.1. The highest BCUT2D eigenvalue weighted by Gasteiger charge is 2.33. The predicted molar refractivity (Wildman–Crippen MR) is 104 cm³/mol. The molecule has 28 heavy (non-hydrogen) atoms. The number of carbonyl (C=O) groups excluding carboxylic acids is 1. The zero-order chi connectivity index (χ0) is 19.1. The van der Waals surface area contributed by atoms with Crippen molar-refractivity contribution in [3.63, 3.8) is 0 Å². The molecular weight excluding hydrogens is 354 g/mol. The van der Waals surface area contributed by atoms with Crippen molar-refractivity contribution in [2.24, 2.45) is 0 Å². The highest BCUT2D eigenvalue weighted by Crippen LogP contribution is 2.37. The molecule has 0 saturated carbocycles. The Hall–Kier alpha value is -3.61. The zero-order valence-corrected chi connectivity index (χ0v) is 15.4. The van der Waals surface area contributed by atoms with E-state index in [9.17, 15) is 4.79 Å². The highest BCUT2D eigenvalue weighted by atomic mass is 16.5. The minimum Gasteiger partial charge on any atom is -0.496 e. The molecule has 0 unspecified atom stereocenters. The molecule has 0 radical (unpaired) electrons. The molecule has 4 aromatic rings. The van der Waals surface area contributed by atoms with Crippen LogP contribution in [-0.4, -0.2) is 44.0 Å². The number of methoxy groups -OCH3 is 1. The fraction of sp³-hybridized carbons (Fsp3) is 0.190.